The summed E-state index contributed by atoms with van der Waals surface area (Å²) in [6.07, 6.45) is 9.68. The molecule has 2 aromatic heterocycles. The van der Waals surface area contributed by atoms with Crippen LogP contribution in [-0.2, 0) is 0 Å². The van der Waals surface area contributed by atoms with Gasteiger partial charge in [0.25, 0.3) is 0 Å². The second-order valence-electron chi connectivity index (χ2n) is 18.5. The van der Waals surface area contributed by atoms with Gasteiger partial charge in [-0.1, -0.05) is 199 Å². The number of hydrogen-bond acceptors (Lipinski definition) is 4. The first-order valence-corrected chi connectivity index (χ1v) is 29.3. The van der Waals surface area contributed by atoms with Crippen molar-refractivity contribution in [1.82, 2.24) is 0 Å². The Hall–Kier alpha value is -5.98. The second kappa shape index (κ2) is 23.1. The highest BCUT2D eigenvalue weighted by Gasteiger charge is 2.54. The predicted molar refractivity (Wildman–Crippen MR) is 308 cm³/mol. The molecule has 9 rings (SSSR count). The zero-order valence-electron chi connectivity index (χ0n) is 41.2. The lowest BCUT2D eigenvalue weighted by atomic mass is 9.91. The molecule has 0 fully saturated rings. The number of rotatable bonds is 22. The molecular weight excluding hydrogens is 889 g/mol. The molecule has 0 saturated carbocycles. The summed E-state index contributed by atoms with van der Waals surface area (Å²) in [5.41, 5.74) is 10.4. The smallest absolute Gasteiger partial charge is 0.183 e. The molecule has 3 heterocycles. The average Bonchev–Trinajstić information content (AvgIpc) is 4.18. The van der Waals surface area contributed by atoms with Gasteiger partial charge in [0.1, 0.15) is 0 Å². The molecule has 0 radical (unpaired) electrons. The Kier molecular flexibility index (Phi) is 16.1. The third-order valence-electron chi connectivity index (χ3n) is 13.9. The Labute approximate surface area is 422 Å². The minimum Gasteiger partial charge on any atom is -0.372 e. The highest BCUT2D eigenvalue weighted by Crippen LogP contribution is 2.57. The van der Waals surface area contributed by atoms with Crippen molar-refractivity contribution < 1.29 is 0 Å². The topological polar surface area (TPSA) is 6.48 Å². The molecule has 1 aliphatic rings. The molecule has 8 aromatic rings. The van der Waals surface area contributed by atoms with Crippen molar-refractivity contribution in [2.24, 2.45) is 0 Å². The van der Waals surface area contributed by atoms with Gasteiger partial charge in [-0.15, -0.1) is 22.7 Å². The molecular formula is C64H68N2S2Si. The molecule has 5 heteroatoms. The van der Waals surface area contributed by atoms with Gasteiger partial charge in [-0.3, -0.25) is 0 Å². The molecule has 0 atom stereocenters. The number of unbranched alkanes of at least 4 members (excludes halogenated alkanes) is 4. The van der Waals surface area contributed by atoms with Gasteiger partial charge >= 0.3 is 0 Å². The molecule has 0 amide bonds. The highest BCUT2D eigenvalue weighted by atomic mass is 32.1. The lowest BCUT2D eigenvalue weighted by Crippen LogP contribution is -2.59. The standard InChI is InChI=1S/C64H68N2S2Si/c1-5-9-45-65(46-10-6-2)53-37-33-49(34-38-53)57-41-43-59(67-57)63-61(51-25-17-13-18-26-51)62(52-27-19-14-20-28-52)64(69(63,55-29-21-15-22-30-55)56-31-23-16-24-32-56)60-44-42-58(68-60)50-35-39-54(40-36-50)66(47-11-7-3)48-12-8-4/h13-44H,5-12,45-48H2,1-4H3. The summed E-state index contributed by atoms with van der Waals surface area (Å²) in [7, 11) is -3.12. The minimum atomic E-state index is -3.12. The Morgan fingerprint density at radius 3 is 0.942 bits per heavy atom. The number of allylic oxidation sites excluding steroid dienone is 2. The van der Waals surface area contributed by atoms with E-state index in [-0.39, 0.29) is 0 Å². The third-order valence-corrected chi connectivity index (χ3v) is 21.5. The van der Waals surface area contributed by atoms with E-state index in [9.17, 15) is 0 Å². The number of hydrogen-bond donors (Lipinski definition) is 0. The molecule has 0 aliphatic carbocycles. The average molecular weight is 957 g/mol. The fourth-order valence-electron chi connectivity index (χ4n) is 10.3. The van der Waals surface area contributed by atoms with Gasteiger partial charge in [-0.25, -0.2) is 0 Å². The van der Waals surface area contributed by atoms with Crippen LogP contribution in [0.2, 0.25) is 0 Å². The van der Waals surface area contributed by atoms with Crippen LogP contribution in [0.4, 0.5) is 11.4 Å². The zero-order valence-corrected chi connectivity index (χ0v) is 43.8. The van der Waals surface area contributed by atoms with E-state index < -0.39 is 8.07 Å². The van der Waals surface area contributed by atoms with Crippen LogP contribution in [0, 0.1) is 0 Å². The Balaban J connectivity index is 1.26. The second-order valence-corrected chi connectivity index (χ2v) is 24.3. The normalized spacial score (nSPS) is 13.3. The van der Waals surface area contributed by atoms with Crippen molar-refractivity contribution in [3.05, 3.63) is 215 Å². The molecule has 0 unspecified atom stereocenters. The van der Waals surface area contributed by atoms with Crippen LogP contribution in [0.15, 0.2) is 194 Å². The van der Waals surface area contributed by atoms with E-state index in [2.05, 4.69) is 232 Å². The largest absolute Gasteiger partial charge is 0.372 e. The van der Waals surface area contributed by atoms with Gasteiger partial charge in [0, 0.05) is 57.1 Å². The Morgan fingerprint density at radius 1 is 0.319 bits per heavy atom. The van der Waals surface area contributed by atoms with Crippen LogP contribution in [0.3, 0.4) is 0 Å². The van der Waals surface area contributed by atoms with Crippen molar-refractivity contribution in [1.29, 1.82) is 0 Å². The minimum absolute atomic E-state index is 1.11. The maximum Gasteiger partial charge on any atom is 0.183 e. The molecule has 0 spiro atoms. The van der Waals surface area contributed by atoms with E-state index in [1.54, 1.807) is 0 Å². The highest BCUT2D eigenvalue weighted by molar-refractivity contribution is 7.34. The molecule has 350 valence electrons. The fraction of sp³-hybridized carbons (Fsp3) is 0.250. The van der Waals surface area contributed by atoms with Gasteiger partial charge < -0.3 is 9.80 Å². The SMILES string of the molecule is CCCCN(CCCC)c1ccc(-c2ccc(C3=C(c4ccccc4)C(c4ccccc4)=C(c4ccc(-c5ccc(N(CCCC)CCCC)cc5)s4)[Si]3(c3ccccc3)c3ccccc3)s2)cc1. The van der Waals surface area contributed by atoms with Crippen LogP contribution < -0.4 is 20.2 Å². The monoisotopic (exact) mass is 956 g/mol. The van der Waals surface area contributed by atoms with Crippen molar-refractivity contribution in [3.8, 4) is 20.9 Å². The molecule has 69 heavy (non-hydrogen) atoms. The Bertz CT molecular complexity index is 2700. The van der Waals surface area contributed by atoms with E-state index >= 15 is 0 Å². The molecule has 6 aromatic carbocycles. The summed E-state index contributed by atoms with van der Waals surface area (Å²) in [4.78, 5) is 10.5. The van der Waals surface area contributed by atoms with E-state index in [0.29, 0.717) is 0 Å². The van der Waals surface area contributed by atoms with Crippen molar-refractivity contribution in [2.45, 2.75) is 79.1 Å². The first kappa shape index (κ1) is 48.1. The molecule has 0 bridgehead atoms. The summed E-state index contributed by atoms with van der Waals surface area (Å²) in [5, 5.41) is 5.74. The maximum atomic E-state index is 2.59. The van der Waals surface area contributed by atoms with E-state index in [0.717, 1.165) is 26.2 Å². The van der Waals surface area contributed by atoms with E-state index in [4.69, 9.17) is 0 Å². The maximum absolute atomic E-state index is 3.12. The van der Waals surface area contributed by atoms with Crippen LogP contribution in [0.5, 0.6) is 0 Å². The van der Waals surface area contributed by atoms with Gasteiger partial charge in [0.15, 0.2) is 8.07 Å². The summed E-state index contributed by atoms with van der Waals surface area (Å²) in [6.45, 7) is 13.6. The van der Waals surface area contributed by atoms with Crippen LogP contribution in [0.25, 0.3) is 42.4 Å². The lowest BCUT2D eigenvalue weighted by Gasteiger charge is -2.35. The Morgan fingerprint density at radius 2 is 0.623 bits per heavy atom. The fourth-order valence-corrected chi connectivity index (χ4v) is 18.8. The first-order valence-electron chi connectivity index (χ1n) is 25.7. The number of thiophene rings is 2. The number of benzene rings is 6. The van der Waals surface area contributed by atoms with E-state index in [1.165, 1.54) is 136 Å². The summed E-state index contributed by atoms with van der Waals surface area (Å²) >= 11 is 3.92. The molecule has 1 aliphatic heterocycles. The van der Waals surface area contributed by atoms with E-state index in [1.807, 2.05) is 22.7 Å². The molecule has 0 saturated heterocycles. The quantitative estimate of drug-likeness (QED) is 0.0625. The molecule has 0 N–H and O–H groups in total. The van der Waals surface area contributed by atoms with Crippen LogP contribution in [0.1, 0.15) is 99.9 Å². The van der Waals surface area contributed by atoms with Gasteiger partial charge in [-0.05, 0) is 128 Å². The van der Waals surface area contributed by atoms with Crippen LogP contribution in [-0.4, -0.2) is 34.3 Å². The number of anilines is 2. The summed E-state index contributed by atoms with van der Waals surface area (Å²) < 4.78 is 0. The summed E-state index contributed by atoms with van der Waals surface area (Å²) in [5.74, 6) is 0. The van der Waals surface area contributed by atoms with Crippen LogP contribution >= 0.6 is 22.7 Å². The zero-order chi connectivity index (χ0) is 47.4. The molecule has 2 nitrogen and oxygen atoms in total. The van der Waals surface area contributed by atoms with Gasteiger partial charge in [0.05, 0.1) is 0 Å². The first-order chi connectivity index (χ1) is 34.1. The van der Waals surface area contributed by atoms with Gasteiger partial charge in [-0.2, -0.15) is 0 Å². The number of nitrogens with zero attached hydrogens (tertiary/aromatic N) is 2. The van der Waals surface area contributed by atoms with Gasteiger partial charge in [0.2, 0.25) is 0 Å². The van der Waals surface area contributed by atoms with Crippen molar-refractivity contribution in [3.63, 3.8) is 0 Å². The summed E-state index contributed by atoms with van der Waals surface area (Å²) in [6, 6.07) is 74.3. The third kappa shape index (κ3) is 10.2. The van der Waals surface area contributed by atoms with Crippen molar-refractivity contribution in [2.75, 3.05) is 36.0 Å². The van der Waals surface area contributed by atoms with Crippen molar-refractivity contribution >= 4 is 74.0 Å². The lowest BCUT2D eigenvalue weighted by molar-refractivity contribution is 0.678. The predicted octanol–water partition coefficient (Wildman–Crippen LogP) is 16.8.